The van der Waals surface area contributed by atoms with Crippen LogP contribution >= 0.6 is 28.3 Å². The van der Waals surface area contributed by atoms with E-state index in [1.807, 2.05) is 6.07 Å². The summed E-state index contributed by atoms with van der Waals surface area (Å²) >= 11 is 3.38. The van der Waals surface area contributed by atoms with Crippen LogP contribution in [0.2, 0.25) is 0 Å². The minimum absolute atomic E-state index is 0. The predicted octanol–water partition coefficient (Wildman–Crippen LogP) is 3.78. The van der Waals surface area contributed by atoms with Crippen LogP contribution in [0.4, 0.5) is 0 Å². The van der Waals surface area contributed by atoms with Crippen molar-refractivity contribution in [3.63, 3.8) is 0 Å². The molecule has 0 unspecified atom stereocenters. The number of unbranched alkanes of at least 4 members (excludes halogenated alkanes) is 1. The maximum absolute atomic E-state index is 9.96. The lowest BCUT2D eigenvalue weighted by Crippen LogP contribution is -2.10. The Hall–Kier alpha value is -0.450. The first-order chi connectivity index (χ1) is 7.60. The largest absolute Gasteiger partial charge is 0.504 e. The number of rotatable bonds is 5. The standard InChI is InChI=1S/C12H18BrNO2.ClH/c1-3-4-5-10(14)9-6-8(13)7-11(16-2)12(9)15;/h6-7,10,15H,3-5,14H2,1-2H3;1H/t10-;/m0./s1. The molecule has 0 amide bonds. The molecule has 17 heavy (non-hydrogen) atoms. The minimum atomic E-state index is -0.147. The second-order valence-corrected chi connectivity index (χ2v) is 4.71. The van der Waals surface area contributed by atoms with Gasteiger partial charge < -0.3 is 15.6 Å². The van der Waals surface area contributed by atoms with Gasteiger partial charge in [-0.3, -0.25) is 0 Å². The topological polar surface area (TPSA) is 55.5 Å². The van der Waals surface area contributed by atoms with Crippen LogP contribution in [0.3, 0.4) is 0 Å². The van der Waals surface area contributed by atoms with Crippen molar-refractivity contribution in [3.05, 3.63) is 22.2 Å². The molecule has 0 radical (unpaired) electrons. The molecule has 1 atom stereocenters. The average Bonchev–Trinajstić information content (AvgIpc) is 2.28. The summed E-state index contributed by atoms with van der Waals surface area (Å²) in [6, 6.07) is 3.43. The lowest BCUT2D eigenvalue weighted by Gasteiger charge is -2.15. The van der Waals surface area contributed by atoms with Gasteiger partial charge in [-0.05, 0) is 18.6 Å². The maximum Gasteiger partial charge on any atom is 0.162 e. The molecule has 1 rings (SSSR count). The highest BCUT2D eigenvalue weighted by Gasteiger charge is 2.15. The Labute approximate surface area is 117 Å². The van der Waals surface area contributed by atoms with Crippen LogP contribution in [0, 0.1) is 0 Å². The number of benzene rings is 1. The summed E-state index contributed by atoms with van der Waals surface area (Å²) in [4.78, 5) is 0. The molecule has 0 spiro atoms. The second-order valence-electron chi connectivity index (χ2n) is 3.79. The summed E-state index contributed by atoms with van der Waals surface area (Å²) in [7, 11) is 1.53. The number of aromatic hydroxyl groups is 1. The molecule has 98 valence electrons. The third-order valence-electron chi connectivity index (χ3n) is 2.56. The lowest BCUT2D eigenvalue weighted by molar-refractivity contribution is 0.367. The van der Waals surface area contributed by atoms with Crippen molar-refractivity contribution >= 4 is 28.3 Å². The summed E-state index contributed by atoms with van der Waals surface area (Å²) in [6.45, 7) is 2.12. The fourth-order valence-corrected chi connectivity index (χ4v) is 2.07. The van der Waals surface area contributed by atoms with Crippen LogP contribution in [0.25, 0.3) is 0 Å². The Balaban J connectivity index is 0.00000256. The van der Waals surface area contributed by atoms with Gasteiger partial charge in [-0.25, -0.2) is 0 Å². The van der Waals surface area contributed by atoms with Gasteiger partial charge in [0.15, 0.2) is 11.5 Å². The first-order valence-electron chi connectivity index (χ1n) is 5.42. The number of phenolic OH excluding ortho intramolecular Hbond substituents is 1. The molecule has 0 fully saturated rings. The van der Waals surface area contributed by atoms with E-state index in [9.17, 15) is 5.11 Å². The van der Waals surface area contributed by atoms with Gasteiger partial charge in [0.05, 0.1) is 7.11 Å². The van der Waals surface area contributed by atoms with Gasteiger partial charge in [0.2, 0.25) is 0 Å². The highest BCUT2D eigenvalue weighted by atomic mass is 79.9. The van der Waals surface area contributed by atoms with Crippen LogP contribution in [-0.2, 0) is 0 Å². The van der Waals surface area contributed by atoms with Gasteiger partial charge in [-0.2, -0.15) is 0 Å². The number of halogens is 2. The minimum Gasteiger partial charge on any atom is -0.504 e. The molecular weight excluding hydrogens is 305 g/mol. The van der Waals surface area contributed by atoms with Crippen molar-refractivity contribution < 1.29 is 9.84 Å². The van der Waals surface area contributed by atoms with Crippen LogP contribution in [-0.4, -0.2) is 12.2 Å². The first-order valence-corrected chi connectivity index (χ1v) is 6.21. The van der Waals surface area contributed by atoms with E-state index in [1.54, 1.807) is 6.07 Å². The molecule has 0 aliphatic heterocycles. The zero-order valence-corrected chi connectivity index (χ0v) is 12.5. The third kappa shape index (κ3) is 4.37. The number of hydrogen-bond acceptors (Lipinski definition) is 3. The van der Waals surface area contributed by atoms with Crippen molar-refractivity contribution in [2.45, 2.75) is 32.2 Å². The molecule has 0 aliphatic rings. The van der Waals surface area contributed by atoms with E-state index >= 15 is 0 Å². The highest BCUT2D eigenvalue weighted by molar-refractivity contribution is 9.10. The number of methoxy groups -OCH3 is 1. The smallest absolute Gasteiger partial charge is 0.162 e. The molecule has 3 N–H and O–H groups in total. The van der Waals surface area contributed by atoms with Gasteiger partial charge in [-0.1, -0.05) is 35.7 Å². The lowest BCUT2D eigenvalue weighted by atomic mass is 10.0. The van der Waals surface area contributed by atoms with Crippen molar-refractivity contribution in [2.24, 2.45) is 5.73 Å². The van der Waals surface area contributed by atoms with Gasteiger partial charge in [0.25, 0.3) is 0 Å². The van der Waals surface area contributed by atoms with Crippen LogP contribution < -0.4 is 10.5 Å². The van der Waals surface area contributed by atoms with E-state index < -0.39 is 0 Å². The number of ether oxygens (including phenoxy) is 1. The van der Waals surface area contributed by atoms with E-state index in [0.717, 1.165) is 29.3 Å². The van der Waals surface area contributed by atoms with E-state index in [4.69, 9.17) is 10.5 Å². The van der Waals surface area contributed by atoms with Crippen LogP contribution in [0.1, 0.15) is 37.8 Å². The Kier molecular flexibility index (Phi) is 7.59. The molecular formula is C12H19BrClNO2. The summed E-state index contributed by atoms with van der Waals surface area (Å²) in [6.07, 6.45) is 3.01. The summed E-state index contributed by atoms with van der Waals surface area (Å²) in [5.41, 5.74) is 6.77. The van der Waals surface area contributed by atoms with E-state index in [2.05, 4.69) is 22.9 Å². The molecule has 0 saturated carbocycles. The number of phenols is 1. The summed E-state index contributed by atoms with van der Waals surface area (Å²) in [5.74, 6) is 0.602. The Morgan fingerprint density at radius 1 is 1.47 bits per heavy atom. The Morgan fingerprint density at radius 3 is 2.65 bits per heavy atom. The first kappa shape index (κ1) is 16.6. The second kappa shape index (κ2) is 7.80. The average molecular weight is 325 g/mol. The van der Waals surface area contributed by atoms with Gasteiger partial charge in [0.1, 0.15) is 0 Å². The van der Waals surface area contributed by atoms with Crippen LogP contribution in [0.15, 0.2) is 16.6 Å². The van der Waals surface area contributed by atoms with E-state index in [0.29, 0.717) is 5.75 Å². The highest BCUT2D eigenvalue weighted by Crippen LogP contribution is 2.37. The maximum atomic E-state index is 9.96. The number of hydrogen-bond donors (Lipinski definition) is 2. The van der Waals surface area contributed by atoms with E-state index in [-0.39, 0.29) is 24.2 Å². The SMILES string of the molecule is CCCC[C@H](N)c1cc(Br)cc(OC)c1O.Cl. The molecule has 0 bridgehead atoms. The van der Waals surface area contributed by atoms with Crippen molar-refractivity contribution in [1.29, 1.82) is 0 Å². The predicted molar refractivity (Wildman–Crippen MR) is 76.1 cm³/mol. The van der Waals surface area contributed by atoms with Gasteiger partial charge in [0, 0.05) is 16.1 Å². The van der Waals surface area contributed by atoms with Gasteiger partial charge >= 0.3 is 0 Å². The van der Waals surface area contributed by atoms with Gasteiger partial charge in [-0.15, -0.1) is 12.4 Å². The molecule has 0 aromatic heterocycles. The Morgan fingerprint density at radius 2 is 2.12 bits per heavy atom. The fourth-order valence-electron chi connectivity index (χ4n) is 1.61. The fraction of sp³-hybridized carbons (Fsp3) is 0.500. The van der Waals surface area contributed by atoms with Crippen molar-refractivity contribution in [2.75, 3.05) is 7.11 Å². The summed E-state index contributed by atoms with van der Waals surface area (Å²) in [5, 5.41) is 9.96. The summed E-state index contributed by atoms with van der Waals surface area (Å²) < 4.78 is 5.95. The molecule has 0 heterocycles. The molecule has 1 aromatic rings. The quantitative estimate of drug-likeness (QED) is 0.866. The number of nitrogens with two attached hydrogens (primary N) is 1. The zero-order chi connectivity index (χ0) is 12.1. The molecule has 1 aromatic carbocycles. The molecule has 3 nitrogen and oxygen atoms in total. The third-order valence-corrected chi connectivity index (χ3v) is 3.02. The van der Waals surface area contributed by atoms with E-state index in [1.165, 1.54) is 7.11 Å². The monoisotopic (exact) mass is 323 g/mol. The molecule has 0 aliphatic carbocycles. The normalized spacial score (nSPS) is 11.8. The Bertz CT molecular complexity index is 361. The van der Waals surface area contributed by atoms with Crippen molar-refractivity contribution in [1.82, 2.24) is 0 Å². The molecule has 0 saturated heterocycles. The van der Waals surface area contributed by atoms with Crippen molar-refractivity contribution in [3.8, 4) is 11.5 Å². The molecule has 5 heteroatoms. The zero-order valence-electron chi connectivity index (χ0n) is 10.1. The van der Waals surface area contributed by atoms with Crippen LogP contribution in [0.5, 0.6) is 11.5 Å².